The van der Waals surface area contributed by atoms with Gasteiger partial charge < -0.3 is 10.1 Å². The van der Waals surface area contributed by atoms with Crippen molar-refractivity contribution < 1.29 is 4.74 Å². The average molecular weight is 324 g/mol. The largest absolute Gasteiger partial charge is 0.373 e. The van der Waals surface area contributed by atoms with Crippen LogP contribution in [0.1, 0.15) is 24.8 Å². The highest BCUT2D eigenvalue weighted by Gasteiger charge is 2.42. The van der Waals surface area contributed by atoms with Crippen molar-refractivity contribution in [2.24, 2.45) is 0 Å². The van der Waals surface area contributed by atoms with Gasteiger partial charge in [-0.05, 0) is 49.1 Å². The maximum absolute atomic E-state index is 6.24. The molecule has 4 rings (SSSR count). The molecule has 0 saturated carbocycles. The van der Waals surface area contributed by atoms with Crippen LogP contribution in [0.4, 0.5) is 5.82 Å². The van der Waals surface area contributed by atoms with Crippen molar-refractivity contribution >= 4 is 5.82 Å². The first-order valence-corrected chi connectivity index (χ1v) is 8.74. The van der Waals surface area contributed by atoms with Gasteiger partial charge in [0, 0.05) is 38.2 Å². The zero-order valence-corrected chi connectivity index (χ0v) is 13.9. The summed E-state index contributed by atoms with van der Waals surface area (Å²) in [5.41, 5.74) is 1.39. The highest BCUT2D eigenvalue weighted by atomic mass is 16.5. The zero-order chi connectivity index (χ0) is 16.2. The van der Waals surface area contributed by atoms with E-state index < -0.39 is 0 Å². The summed E-state index contributed by atoms with van der Waals surface area (Å²) in [7, 11) is 0. The molecule has 0 aliphatic carbocycles. The predicted octanol–water partition coefficient (Wildman–Crippen LogP) is 2.71. The maximum Gasteiger partial charge on any atom is 0.126 e. The Hall–Kier alpha value is -1.98. The lowest BCUT2D eigenvalue weighted by molar-refractivity contribution is -0.0448. The van der Waals surface area contributed by atoms with Gasteiger partial charge in [-0.25, -0.2) is 4.98 Å². The number of nitrogens with one attached hydrogen (secondary N) is 1. The van der Waals surface area contributed by atoms with Crippen molar-refractivity contribution in [3.63, 3.8) is 0 Å². The third kappa shape index (κ3) is 3.57. The maximum atomic E-state index is 6.24. The van der Waals surface area contributed by atoms with Crippen LogP contribution in [0.5, 0.6) is 0 Å². The fraction of sp³-hybridized carbons (Fsp3) is 0.474. The number of likely N-dealkylation sites (tertiary alicyclic amines) is 1. The molecule has 126 valence electrons. The fourth-order valence-electron chi connectivity index (χ4n) is 3.81. The molecule has 2 aromatic rings. The quantitative estimate of drug-likeness (QED) is 0.937. The van der Waals surface area contributed by atoms with Crippen molar-refractivity contribution in [2.45, 2.75) is 37.5 Å². The van der Waals surface area contributed by atoms with E-state index in [0.29, 0.717) is 6.04 Å². The van der Waals surface area contributed by atoms with Crippen molar-refractivity contribution in [3.8, 4) is 0 Å². The van der Waals surface area contributed by atoms with Gasteiger partial charge in [0.05, 0.1) is 18.2 Å². The molecule has 0 amide bonds. The number of anilines is 1. The highest BCUT2D eigenvalue weighted by Crippen LogP contribution is 2.37. The number of ether oxygens (including phenoxy) is 1. The van der Waals surface area contributed by atoms with Crippen molar-refractivity contribution in [2.75, 3.05) is 25.0 Å². The summed E-state index contributed by atoms with van der Waals surface area (Å²) >= 11 is 0. The van der Waals surface area contributed by atoms with Crippen LogP contribution in [-0.2, 0) is 11.3 Å². The Balaban J connectivity index is 1.29. The third-order valence-corrected chi connectivity index (χ3v) is 5.15. The molecule has 5 heteroatoms. The van der Waals surface area contributed by atoms with Gasteiger partial charge in [0.2, 0.25) is 0 Å². The molecule has 1 spiro atoms. The molecule has 5 nitrogen and oxygen atoms in total. The summed E-state index contributed by atoms with van der Waals surface area (Å²) in [5.74, 6) is 0.943. The predicted molar refractivity (Wildman–Crippen MR) is 93.7 cm³/mol. The first-order valence-electron chi connectivity index (χ1n) is 8.74. The number of piperidine rings is 1. The number of hydrogen-bond donors (Lipinski definition) is 1. The molecule has 2 aliphatic rings. The number of hydrogen-bond acceptors (Lipinski definition) is 5. The standard InChI is InChI=1S/C19H24N4O/c1-2-8-21-18(3-1)22-17-13-19(24-15-17)6-11-23(12-7-19)14-16-4-9-20-10-5-16/h1-5,8-10,17H,6-7,11-15H2,(H,21,22)/t17-/m1/s1. The Kier molecular flexibility index (Phi) is 4.45. The van der Waals surface area contributed by atoms with E-state index in [2.05, 4.69) is 32.3 Å². The molecule has 2 fully saturated rings. The lowest BCUT2D eigenvalue weighted by atomic mass is 9.87. The van der Waals surface area contributed by atoms with E-state index in [1.807, 2.05) is 36.8 Å². The smallest absolute Gasteiger partial charge is 0.126 e. The Morgan fingerprint density at radius 1 is 1.12 bits per heavy atom. The first kappa shape index (κ1) is 15.5. The minimum atomic E-state index is 0.0567. The van der Waals surface area contributed by atoms with E-state index >= 15 is 0 Å². The van der Waals surface area contributed by atoms with Crippen LogP contribution >= 0.6 is 0 Å². The van der Waals surface area contributed by atoms with Gasteiger partial charge in [0.15, 0.2) is 0 Å². The second-order valence-electron chi connectivity index (χ2n) is 6.89. The van der Waals surface area contributed by atoms with Crippen LogP contribution in [0, 0.1) is 0 Å². The lowest BCUT2D eigenvalue weighted by Crippen LogP contribution is -2.44. The summed E-state index contributed by atoms with van der Waals surface area (Å²) in [6, 6.07) is 10.5. The Labute approximate surface area is 143 Å². The van der Waals surface area contributed by atoms with Crippen molar-refractivity contribution in [1.29, 1.82) is 0 Å². The van der Waals surface area contributed by atoms with Gasteiger partial charge in [-0.3, -0.25) is 9.88 Å². The molecule has 0 unspecified atom stereocenters. The van der Waals surface area contributed by atoms with Crippen molar-refractivity contribution in [3.05, 3.63) is 54.5 Å². The summed E-state index contributed by atoms with van der Waals surface area (Å²) < 4.78 is 6.24. The molecule has 0 aromatic carbocycles. The first-order chi connectivity index (χ1) is 11.8. The topological polar surface area (TPSA) is 50.3 Å². The van der Waals surface area contributed by atoms with Gasteiger partial charge in [0.25, 0.3) is 0 Å². The number of pyridine rings is 2. The molecule has 2 aromatic heterocycles. The molecule has 4 heterocycles. The number of rotatable bonds is 4. The van der Waals surface area contributed by atoms with Gasteiger partial charge in [-0.1, -0.05) is 6.07 Å². The molecule has 1 N–H and O–H groups in total. The van der Waals surface area contributed by atoms with E-state index in [-0.39, 0.29) is 5.60 Å². The summed E-state index contributed by atoms with van der Waals surface area (Å²) in [6.45, 7) is 3.98. The van der Waals surface area contributed by atoms with Crippen LogP contribution in [0.3, 0.4) is 0 Å². The summed E-state index contributed by atoms with van der Waals surface area (Å²) in [5, 5.41) is 3.51. The SMILES string of the molecule is c1ccc(N[C@H]2COC3(CCN(Cc4ccncc4)CC3)C2)nc1. The minimum Gasteiger partial charge on any atom is -0.373 e. The van der Waals surface area contributed by atoms with E-state index in [1.54, 1.807) is 0 Å². The van der Waals surface area contributed by atoms with Crippen LogP contribution in [0.15, 0.2) is 48.9 Å². The number of aromatic nitrogens is 2. The summed E-state index contributed by atoms with van der Waals surface area (Å²) in [4.78, 5) is 11.0. The van der Waals surface area contributed by atoms with Crippen LogP contribution < -0.4 is 5.32 Å². The van der Waals surface area contributed by atoms with E-state index in [0.717, 1.165) is 51.3 Å². The van der Waals surface area contributed by atoms with Gasteiger partial charge >= 0.3 is 0 Å². The Morgan fingerprint density at radius 3 is 2.71 bits per heavy atom. The van der Waals surface area contributed by atoms with Crippen molar-refractivity contribution in [1.82, 2.24) is 14.9 Å². The third-order valence-electron chi connectivity index (χ3n) is 5.15. The van der Waals surface area contributed by atoms with Crippen LogP contribution in [0.2, 0.25) is 0 Å². The zero-order valence-electron chi connectivity index (χ0n) is 13.9. The second kappa shape index (κ2) is 6.87. The monoisotopic (exact) mass is 324 g/mol. The summed E-state index contributed by atoms with van der Waals surface area (Å²) in [6.07, 6.45) is 8.86. The van der Waals surface area contributed by atoms with E-state index in [1.165, 1.54) is 5.56 Å². The Morgan fingerprint density at radius 2 is 1.96 bits per heavy atom. The fourth-order valence-corrected chi connectivity index (χ4v) is 3.81. The van der Waals surface area contributed by atoms with Gasteiger partial charge in [-0.15, -0.1) is 0 Å². The van der Waals surface area contributed by atoms with Crippen LogP contribution in [0.25, 0.3) is 0 Å². The molecule has 2 saturated heterocycles. The van der Waals surface area contributed by atoms with Gasteiger partial charge in [-0.2, -0.15) is 0 Å². The molecule has 0 radical (unpaired) electrons. The minimum absolute atomic E-state index is 0.0567. The molecule has 1 atom stereocenters. The van der Waals surface area contributed by atoms with E-state index in [9.17, 15) is 0 Å². The average Bonchev–Trinajstić information content (AvgIpc) is 3.01. The second-order valence-corrected chi connectivity index (χ2v) is 6.89. The van der Waals surface area contributed by atoms with Crippen LogP contribution in [-0.4, -0.2) is 46.2 Å². The van der Waals surface area contributed by atoms with E-state index in [4.69, 9.17) is 4.74 Å². The normalized spacial score (nSPS) is 23.4. The molecular formula is C19H24N4O. The molecule has 2 aliphatic heterocycles. The molecule has 24 heavy (non-hydrogen) atoms. The highest BCUT2D eigenvalue weighted by molar-refractivity contribution is 5.35. The number of nitrogens with zero attached hydrogens (tertiary/aromatic N) is 3. The molecule has 0 bridgehead atoms. The molecular weight excluding hydrogens is 300 g/mol. The lowest BCUT2D eigenvalue weighted by Gasteiger charge is -2.38. The van der Waals surface area contributed by atoms with Gasteiger partial charge in [0.1, 0.15) is 5.82 Å². The Bertz CT molecular complexity index is 641.